The van der Waals surface area contributed by atoms with Crippen LogP contribution in [0.4, 0.5) is 0 Å². The van der Waals surface area contributed by atoms with Gasteiger partial charge in [-0.2, -0.15) is 10.2 Å². The van der Waals surface area contributed by atoms with Crippen molar-refractivity contribution < 1.29 is 0 Å². The van der Waals surface area contributed by atoms with Crippen LogP contribution in [0.25, 0.3) is 28.0 Å². The summed E-state index contributed by atoms with van der Waals surface area (Å²) in [4.78, 5) is 26.6. The van der Waals surface area contributed by atoms with Crippen LogP contribution in [0.15, 0.2) is 52.2 Å². The van der Waals surface area contributed by atoms with Gasteiger partial charge in [0.25, 0.3) is 5.56 Å². The van der Waals surface area contributed by atoms with Gasteiger partial charge in [0.1, 0.15) is 16.8 Å². The summed E-state index contributed by atoms with van der Waals surface area (Å²) in [5.41, 5.74) is 2.67. The Hall–Kier alpha value is -3.39. The molecule has 0 N–H and O–H groups in total. The number of nitrogens with zero attached hydrogens (tertiary/aromatic N) is 6. The van der Waals surface area contributed by atoms with Crippen LogP contribution >= 0.6 is 11.6 Å². The second-order valence-corrected chi connectivity index (χ2v) is 10.5. The average Bonchev–Trinajstić information content (AvgIpc) is 3.36. The summed E-state index contributed by atoms with van der Waals surface area (Å²) >= 11 is 6.60. The van der Waals surface area contributed by atoms with Crippen molar-refractivity contribution in [1.29, 1.82) is 0 Å². The molecule has 8 nitrogen and oxygen atoms in total. The van der Waals surface area contributed by atoms with Gasteiger partial charge in [-0.05, 0) is 29.4 Å². The lowest BCUT2D eigenvalue weighted by Crippen LogP contribution is -2.38. The summed E-state index contributed by atoms with van der Waals surface area (Å²) in [6.07, 6.45) is 4.81. The Morgan fingerprint density at radius 3 is 2.31 bits per heavy atom. The van der Waals surface area contributed by atoms with Gasteiger partial charge in [-0.25, -0.2) is 4.79 Å². The van der Waals surface area contributed by atoms with E-state index in [2.05, 4.69) is 37.2 Å². The Kier molecular flexibility index (Phi) is 7.36. The molecule has 0 aliphatic carbocycles. The first-order valence-electron chi connectivity index (χ1n) is 12.2. The van der Waals surface area contributed by atoms with Crippen molar-refractivity contribution in [3.8, 4) is 11.4 Å². The van der Waals surface area contributed by atoms with Crippen molar-refractivity contribution in [2.24, 2.45) is 25.9 Å². The molecule has 0 saturated heterocycles. The zero-order valence-electron chi connectivity index (χ0n) is 21.7. The van der Waals surface area contributed by atoms with Crippen LogP contribution in [0.5, 0.6) is 0 Å². The highest BCUT2D eigenvalue weighted by Gasteiger charge is 2.26. The molecule has 0 bridgehead atoms. The molecule has 4 aromatic rings. The van der Waals surface area contributed by atoms with E-state index in [0.717, 1.165) is 22.1 Å². The Morgan fingerprint density at radius 1 is 1.03 bits per heavy atom. The van der Waals surface area contributed by atoms with E-state index in [1.807, 2.05) is 32.0 Å². The summed E-state index contributed by atoms with van der Waals surface area (Å²) in [6, 6.07) is 10.1. The van der Waals surface area contributed by atoms with E-state index in [1.165, 1.54) is 7.05 Å². The fourth-order valence-electron chi connectivity index (χ4n) is 4.33. The largest absolute Gasteiger partial charge is 0.332 e. The van der Waals surface area contributed by atoms with Gasteiger partial charge >= 0.3 is 5.69 Å². The van der Waals surface area contributed by atoms with Gasteiger partial charge in [0.2, 0.25) is 0 Å². The average molecular weight is 509 g/mol. The topological polar surface area (TPSA) is 79.6 Å². The first-order valence-corrected chi connectivity index (χ1v) is 12.6. The second kappa shape index (κ2) is 10.3. The van der Waals surface area contributed by atoms with Crippen molar-refractivity contribution in [2.75, 3.05) is 0 Å². The van der Waals surface area contributed by atoms with Crippen LogP contribution in [0.1, 0.15) is 39.7 Å². The maximum atomic E-state index is 13.5. The molecule has 3 heterocycles. The summed E-state index contributed by atoms with van der Waals surface area (Å²) in [5, 5.41) is 10.2. The van der Waals surface area contributed by atoms with Crippen LogP contribution in [-0.4, -0.2) is 28.7 Å². The van der Waals surface area contributed by atoms with Crippen LogP contribution in [0, 0.1) is 11.8 Å². The smallest absolute Gasteiger partial charge is 0.276 e. The summed E-state index contributed by atoms with van der Waals surface area (Å²) in [5.74, 6) is 0.662. The van der Waals surface area contributed by atoms with E-state index in [-0.39, 0.29) is 11.6 Å². The van der Waals surface area contributed by atoms with E-state index >= 15 is 0 Å². The Labute approximate surface area is 215 Å². The minimum atomic E-state index is -0.412. The van der Waals surface area contributed by atoms with Crippen LogP contribution in [0.2, 0.25) is 5.02 Å². The fraction of sp³-hybridized carbons (Fsp3) is 0.407. The third-order valence-corrected chi connectivity index (χ3v) is 6.36. The van der Waals surface area contributed by atoms with Crippen molar-refractivity contribution in [2.45, 2.75) is 47.2 Å². The van der Waals surface area contributed by atoms with E-state index in [0.29, 0.717) is 46.5 Å². The molecule has 0 spiro atoms. The molecule has 0 atom stereocenters. The number of aryl methyl sites for hydroxylation is 1. The molecule has 1 aromatic carbocycles. The fourth-order valence-corrected chi connectivity index (χ4v) is 4.60. The molecular formula is C27H33ClN6O2. The highest BCUT2D eigenvalue weighted by atomic mass is 35.5. The van der Waals surface area contributed by atoms with Crippen molar-refractivity contribution in [1.82, 2.24) is 28.7 Å². The van der Waals surface area contributed by atoms with Gasteiger partial charge in [0, 0.05) is 26.8 Å². The second-order valence-electron chi connectivity index (χ2n) is 10.1. The van der Waals surface area contributed by atoms with Crippen molar-refractivity contribution >= 4 is 28.2 Å². The molecule has 190 valence electrons. The summed E-state index contributed by atoms with van der Waals surface area (Å²) in [7, 11) is 3.28. The third-order valence-electron chi connectivity index (χ3n) is 6.08. The monoisotopic (exact) mass is 508 g/mol. The van der Waals surface area contributed by atoms with Gasteiger partial charge in [-0.3, -0.25) is 23.3 Å². The van der Waals surface area contributed by atoms with Crippen LogP contribution in [0.3, 0.4) is 0 Å². The third kappa shape index (κ3) is 4.95. The molecule has 0 amide bonds. The number of aromatic nitrogens is 6. The minimum absolute atomic E-state index is 0.182. The quantitative estimate of drug-likeness (QED) is 0.344. The van der Waals surface area contributed by atoms with E-state index < -0.39 is 5.56 Å². The number of benzene rings is 1. The molecule has 0 fully saturated rings. The van der Waals surface area contributed by atoms with E-state index in [9.17, 15) is 9.59 Å². The number of allylic oxidation sites excluding steroid dienone is 2. The molecule has 0 unspecified atom stereocenters. The highest BCUT2D eigenvalue weighted by molar-refractivity contribution is 6.33. The molecule has 0 aliphatic heterocycles. The zero-order valence-corrected chi connectivity index (χ0v) is 22.5. The maximum absolute atomic E-state index is 13.5. The van der Waals surface area contributed by atoms with Crippen molar-refractivity contribution in [3.63, 3.8) is 0 Å². The lowest BCUT2D eigenvalue weighted by atomic mass is 10.0. The number of fused-ring (bicyclic) bond motifs is 1. The Morgan fingerprint density at radius 2 is 1.72 bits per heavy atom. The maximum Gasteiger partial charge on any atom is 0.332 e. The van der Waals surface area contributed by atoms with Gasteiger partial charge in [-0.1, -0.05) is 75.7 Å². The first-order chi connectivity index (χ1) is 17.1. The summed E-state index contributed by atoms with van der Waals surface area (Å²) < 4.78 is 6.11. The predicted molar refractivity (Wildman–Crippen MR) is 145 cm³/mol. The minimum Gasteiger partial charge on any atom is -0.276 e. The number of halogens is 1. The van der Waals surface area contributed by atoms with Crippen LogP contribution < -0.4 is 11.2 Å². The number of hydrogen-bond acceptors (Lipinski definition) is 4. The Balaban J connectivity index is 2.05. The lowest BCUT2D eigenvalue weighted by Gasteiger charge is -2.12. The van der Waals surface area contributed by atoms with Gasteiger partial charge < -0.3 is 0 Å². The first kappa shape index (κ1) is 25.7. The SMILES string of the molecule is CC(C)CC=C(Cn1nc2c(c1-c1nn(C)cc1Cl)c(=O)n(C)c(=O)n2CC(C)C)c1ccccc1. The molecule has 4 rings (SSSR count). The van der Waals surface area contributed by atoms with Gasteiger partial charge in [0.15, 0.2) is 5.65 Å². The highest BCUT2D eigenvalue weighted by Crippen LogP contribution is 2.32. The molecule has 0 radical (unpaired) electrons. The van der Waals surface area contributed by atoms with Gasteiger partial charge in [-0.15, -0.1) is 0 Å². The molecular weight excluding hydrogens is 476 g/mol. The van der Waals surface area contributed by atoms with Crippen LogP contribution in [-0.2, 0) is 27.2 Å². The number of rotatable bonds is 8. The Bertz CT molecular complexity index is 1540. The molecule has 3 aromatic heterocycles. The molecule has 0 aliphatic rings. The zero-order chi connectivity index (χ0) is 26.1. The van der Waals surface area contributed by atoms with Crippen molar-refractivity contribution in [3.05, 3.63) is 74.0 Å². The summed E-state index contributed by atoms with van der Waals surface area (Å²) in [6.45, 7) is 9.23. The number of hydrogen-bond donors (Lipinski definition) is 0. The molecule has 0 saturated carbocycles. The normalized spacial score (nSPS) is 12.4. The van der Waals surface area contributed by atoms with E-state index in [1.54, 1.807) is 27.2 Å². The van der Waals surface area contributed by atoms with E-state index in [4.69, 9.17) is 16.7 Å². The van der Waals surface area contributed by atoms with Gasteiger partial charge in [0.05, 0.1) is 11.6 Å². The lowest BCUT2D eigenvalue weighted by molar-refractivity contribution is 0.498. The predicted octanol–water partition coefficient (Wildman–Crippen LogP) is 4.74. The standard InChI is InChI=1S/C27H33ClN6O2/c1-17(2)12-13-20(19-10-8-7-9-11-19)15-34-24(23-21(28)16-31(5)29-23)22-25(30-34)33(14-18(3)4)27(36)32(6)26(22)35/h7-11,13,16-18H,12,14-15H2,1-6H3. The molecule has 36 heavy (non-hydrogen) atoms. The molecule has 9 heteroatoms.